The van der Waals surface area contributed by atoms with E-state index in [1.807, 2.05) is 23.9 Å². The molecule has 0 aromatic heterocycles. The lowest BCUT2D eigenvalue weighted by atomic mass is 10.1. The van der Waals surface area contributed by atoms with Gasteiger partial charge in [-0.25, -0.2) is 0 Å². The topological polar surface area (TPSA) is 9.23 Å². The average molecular weight is 305 g/mol. The van der Waals surface area contributed by atoms with Crippen molar-refractivity contribution in [3.8, 4) is 0 Å². The van der Waals surface area contributed by atoms with Crippen molar-refractivity contribution < 1.29 is 4.74 Å². The Morgan fingerprint density at radius 3 is 2.70 bits per heavy atom. The van der Waals surface area contributed by atoms with Crippen LogP contribution in [-0.2, 0) is 4.74 Å². The molecule has 104 valence electrons. The van der Waals surface area contributed by atoms with E-state index < -0.39 is 0 Å². The van der Waals surface area contributed by atoms with Gasteiger partial charge in [-0.05, 0) is 43.2 Å². The van der Waals surface area contributed by atoms with E-state index in [-0.39, 0.29) is 6.10 Å². The Balaban J connectivity index is 1.63. The van der Waals surface area contributed by atoms with Gasteiger partial charge in [0.05, 0.1) is 12.7 Å². The van der Waals surface area contributed by atoms with E-state index in [0.717, 1.165) is 18.1 Å². The third-order valence-corrected chi connectivity index (χ3v) is 4.93. The van der Waals surface area contributed by atoms with Crippen molar-refractivity contribution in [1.82, 2.24) is 0 Å². The minimum Gasteiger partial charge on any atom is -0.372 e. The number of aryl methyl sites for hydroxylation is 1. The summed E-state index contributed by atoms with van der Waals surface area (Å²) in [5.74, 6) is 0. The van der Waals surface area contributed by atoms with Gasteiger partial charge >= 0.3 is 0 Å². The summed E-state index contributed by atoms with van der Waals surface area (Å²) in [6, 6.07) is 16.6. The van der Waals surface area contributed by atoms with Gasteiger partial charge in [0.2, 0.25) is 0 Å². The number of ether oxygens (including phenoxy) is 1. The highest BCUT2D eigenvalue weighted by molar-refractivity contribution is 8.00. The molecule has 20 heavy (non-hydrogen) atoms. The Hall–Kier alpha value is -0.960. The summed E-state index contributed by atoms with van der Waals surface area (Å²) >= 11 is 7.84. The first kappa shape index (κ1) is 14.0. The summed E-state index contributed by atoms with van der Waals surface area (Å²) < 4.78 is 5.93. The first-order valence-electron chi connectivity index (χ1n) is 6.81. The molecule has 1 fully saturated rings. The van der Waals surface area contributed by atoms with Crippen LogP contribution in [0.15, 0.2) is 53.4 Å². The molecule has 0 radical (unpaired) electrons. The molecule has 0 spiro atoms. The van der Waals surface area contributed by atoms with Gasteiger partial charge in [-0.15, -0.1) is 11.8 Å². The maximum Gasteiger partial charge on any atom is 0.0837 e. The van der Waals surface area contributed by atoms with Crippen LogP contribution in [0.4, 0.5) is 0 Å². The van der Waals surface area contributed by atoms with Crippen LogP contribution in [0.3, 0.4) is 0 Å². The van der Waals surface area contributed by atoms with Crippen LogP contribution in [-0.4, -0.2) is 11.9 Å². The highest BCUT2D eigenvalue weighted by Gasteiger charge is 2.27. The number of hydrogen-bond acceptors (Lipinski definition) is 2. The Morgan fingerprint density at radius 2 is 1.95 bits per heavy atom. The smallest absolute Gasteiger partial charge is 0.0837 e. The third kappa shape index (κ3) is 3.38. The minimum absolute atomic E-state index is 0.203. The van der Waals surface area contributed by atoms with Crippen molar-refractivity contribution in [2.75, 3.05) is 6.61 Å². The predicted octanol–water partition coefficient (Wildman–Crippen LogP) is 5.27. The molecule has 1 saturated heterocycles. The molecule has 3 rings (SSSR count). The third-order valence-electron chi connectivity index (χ3n) is 3.49. The number of halogens is 1. The molecule has 0 saturated carbocycles. The summed E-state index contributed by atoms with van der Waals surface area (Å²) in [7, 11) is 0. The van der Waals surface area contributed by atoms with Gasteiger partial charge in [0.1, 0.15) is 0 Å². The molecule has 2 atom stereocenters. The molecule has 2 aromatic rings. The van der Waals surface area contributed by atoms with Gasteiger partial charge in [0, 0.05) is 15.2 Å². The van der Waals surface area contributed by atoms with Gasteiger partial charge < -0.3 is 4.74 Å². The molecular formula is C17H17ClOS. The highest BCUT2D eigenvalue weighted by Crippen LogP contribution is 2.38. The molecule has 2 aromatic carbocycles. The maximum atomic E-state index is 5.93. The first-order valence-corrected chi connectivity index (χ1v) is 8.07. The molecule has 0 N–H and O–H groups in total. The van der Waals surface area contributed by atoms with E-state index in [9.17, 15) is 0 Å². The minimum atomic E-state index is 0.203. The second-order valence-corrected chi connectivity index (χ2v) is 6.98. The van der Waals surface area contributed by atoms with Gasteiger partial charge in [-0.2, -0.15) is 0 Å². The van der Waals surface area contributed by atoms with Crippen molar-refractivity contribution in [3.63, 3.8) is 0 Å². The van der Waals surface area contributed by atoms with Crippen LogP contribution in [0.2, 0.25) is 5.02 Å². The van der Waals surface area contributed by atoms with Crippen molar-refractivity contribution in [2.45, 2.75) is 29.6 Å². The average Bonchev–Trinajstić information content (AvgIpc) is 2.88. The Morgan fingerprint density at radius 1 is 1.15 bits per heavy atom. The summed E-state index contributed by atoms with van der Waals surface area (Å²) in [4.78, 5) is 1.33. The van der Waals surface area contributed by atoms with E-state index in [1.165, 1.54) is 16.0 Å². The van der Waals surface area contributed by atoms with E-state index in [4.69, 9.17) is 16.3 Å². The van der Waals surface area contributed by atoms with Crippen LogP contribution in [0.5, 0.6) is 0 Å². The van der Waals surface area contributed by atoms with Crippen LogP contribution < -0.4 is 0 Å². The van der Waals surface area contributed by atoms with Gasteiger partial charge in [0.25, 0.3) is 0 Å². The zero-order valence-corrected chi connectivity index (χ0v) is 13.0. The second-order valence-electron chi connectivity index (χ2n) is 5.17. The molecule has 0 bridgehead atoms. The van der Waals surface area contributed by atoms with Crippen LogP contribution in [0.25, 0.3) is 0 Å². The second kappa shape index (κ2) is 6.21. The molecule has 1 nitrogen and oxygen atoms in total. The van der Waals surface area contributed by atoms with E-state index in [2.05, 4.69) is 43.3 Å². The largest absolute Gasteiger partial charge is 0.372 e. The Kier molecular flexibility index (Phi) is 4.35. The lowest BCUT2D eigenvalue weighted by Crippen LogP contribution is -2.00. The van der Waals surface area contributed by atoms with Crippen molar-refractivity contribution >= 4 is 23.4 Å². The van der Waals surface area contributed by atoms with Crippen molar-refractivity contribution in [2.24, 2.45) is 0 Å². The highest BCUT2D eigenvalue weighted by atomic mass is 35.5. The van der Waals surface area contributed by atoms with E-state index in [0.29, 0.717) is 5.25 Å². The predicted molar refractivity (Wildman–Crippen MR) is 85.6 cm³/mol. The fourth-order valence-corrected chi connectivity index (χ4v) is 3.81. The summed E-state index contributed by atoms with van der Waals surface area (Å²) in [6.45, 7) is 2.94. The normalized spacial score (nSPS) is 22.1. The molecule has 0 amide bonds. The number of benzene rings is 2. The standard InChI is InChI=1S/C17H17ClOS/c1-12-3-2-4-15(9-12)20-16-10-17(19-11-16)13-5-7-14(18)8-6-13/h2-9,16-17H,10-11H2,1H3. The lowest BCUT2D eigenvalue weighted by Gasteiger charge is -2.10. The fraction of sp³-hybridized carbons (Fsp3) is 0.294. The first-order chi connectivity index (χ1) is 9.70. The zero-order chi connectivity index (χ0) is 13.9. The summed E-state index contributed by atoms with van der Waals surface area (Å²) in [5.41, 5.74) is 2.53. The van der Waals surface area contributed by atoms with Crippen molar-refractivity contribution in [3.05, 3.63) is 64.7 Å². The molecular weight excluding hydrogens is 288 g/mol. The Labute approximate surface area is 129 Å². The zero-order valence-electron chi connectivity index (χ0n) is 11.4. The number of hydrogen-bond donors (Lipinski definition) is 0. The molecule has 0 aliphatic carbocycles. The SMILES string of the molecule is Cc1cccc(SC2COC(c3ccc(Cl)cc3)C2)c1. The van der Waals surface area contributed by atoms with Crippen LogP contribution in [0, 0.1) is 6.92 Å². The van der Waals surface area contributed by atoms with E-state index in [1.54, 1.807) is 0 Å². The fourth-order valence-electron chi connectivity index (χ4n) is 2.47. The maximum absolute atomic E-state index is 5.93. The molecule has 3 heteroatoms. The quantitative estimate of drug-likeness (QED) is 0.764. The summed E-state index contributed by atoms with van der Waals surface area (Å²) in [6.07, 6.45) is 1.26. The lowest BCUT2D eigenvalue weighted by molar-refractivity contribution is 0.112. The van der Waals surface area contributed by atoms with Crippen molar-refractivity contribution in [1.29, 1.82) is 0 Å². The molecule has 1 heterocycles. The monoisotopic (exact) mass is 304 g/mol. The van der Waals surface area contributed by atoms with E-state index >= 15 is 0 Å². The van der Waals surface area contributed by atoms with Gasteiger partial charge in [-0.3, -0.25) is 0 Å². The molecule has 1 aliphatic heterocycles. The molecule has 1 aliphatic rings. The van der Waals surface area contributed by atoms with Crippen LogP contribution in [0.1, 0.15) is 23.7 Å². The summed E-state index contributed by atoms with van der Waals surface area (Å²) in [5, 5.41) is 1.30. The number of rotatable bonds is 3. The van der Waals surface area contributed by atoms with Gasteiger partial charge in [-0.1, -0.05) is 41.4 Å². The molecule has 2 unspecified atom stereocenters. The van der Waals surface area contributed by atoms with Gasteiger partial charge in [0.15, 0.2) is 0 Å². The van der Waals surface area contributed by atoms with Crippen LogP contribution >= 0.6 is 23.4 Å². The number of thioether (sulfide) groups is 1. The Bertz CT molecular complexity index is 582.